The molecule has 4 rings (SSSR count). The van der Waals surface area contributed by atoms with Crippen molar-refractivity contribution in [2.45, 2.75) is 25.5 Å². The molecule has 1 aliphatic rings. The van der Waals surface area contributed by atoms with E-state index < -0.39 is 18.1 Å². The number of nitrogens with one attached hydrogen (secondary N) is 2. The molecule has 1 aliphatic heterocycles. The van der Waals surface area contributed by atoms with Crippen LogP contribution in [0.2, 0.25) is 0 Å². The molecule has 9 nitrogen and oxygen atoms in total. The second-order valence-corrected chi connectivity index (χ2v) is 7.94. The van der Waals surface area contributed by atoms with E-state index in [1.54, 1.807) is 30.8 Å². The molecule has 2 aromatic heterocycles. The van der Waals surface area contributed by atoms with E-state index in [0.29, 0.717) is 41.9 Å². The van der Waals surface area contributed by atoms with Gasteiger partial charge in [-0.1, -0.05) is 0 Å². The van der Waals surface area contributed by atoms with E-state index in [9.17, 15) is 14.7 Å². The summed E-state index contributed by atoms with van der Waals surface area (Å²) in [6, 6.07) is 5.34. The van der Waals surface area contributed by atoms with Crippen LogP contribution in [0.25, 0.3) is 10.9 Å². The van der Waals surface area contributed by atoms with Crippen molar-refractivity contribution in [3.05, 3.63) is 40.0 Å². The Morgan fingerprint density at radius 2 is 2.31 bits per heavy atom. The van der Waals surface area contributed by atoms with Crippen LogP contribution in [0, 0.1) is 6.92 Å². The molecule has 3 aromatic rings. The zero-order chi connectivity index (χ0) is 20.6. The summed E-state index contributed by atoms with van der Waals surface area (Å²) in [6.45, 7) is 2.25. The number of carbonyl (C=O) groups excluding carboxylic acids is 2. The number of benzene rings is 1. The van der Waals surface area contributed by atoms with Gasteiger partial charge in [0.15, 0.2) is 0 Å². The number of aryl methyl sites for hydroxylation is 2. The molecule has 0 spiro atoms. The Bertz CT molecular complexity index is 1090. The third kappa shape index (κ3) is 3.45. The van der Waals surface area contributed by atoms with Crippen LogP contribution in [-0.2, 0) is 18.4 Å². The quantitative estimate of drug-likeness (QED) is 0.550. The number of ether oxygens (including phenoxy) is 1. The van der Waals surface area contributed by atoms with Crippen LogP contribution in [0.15, 0.2) is 23.7 Å². The molecule has 1 fully saturated rings. The minimum absolute atomic E-state index is 0.298. The first-order valence-corrected chi connectivity index (χ1v) is 10.0. The second kappa shape index (κ2) is 7.45. The molecule has 10 heteroatoms. The van der Waals surface area contributed by atoms with Crippen LogP contribution in [-0.4, -0.2) is 50.4 Å². The molecule has 152 valence electrons. The lowest BCUT2D eigenvalue weighted by atomic mass is 9.98. The van der Waals surface area contributed by atoms with Crippen molar-refractivity contribution in [2.75, 3.05) is 13.2 Å². The highest BCUT2D eigenvalue weighted by atomic mass is 32.1. The van der Waals surface area contributed by atoms with Crippen molar-refractivity contribution >= 4 is 34.1 Å². The Labute approximate surface area is 170 Å². The molecule has 1 saturated heterocycles. The number of amides is 2. The van der Waals surface area contributed by atoms with E-state index in [1.165, 1.54) is 16.0 Å². The van der Waals surface area contributed by atoms with E-state index >= 15 is 0 Å². The number of hydrogen-bond donors (Lipinski definition) is 3. The average Bonchev–Trinajstić information content (AvgIpc) is 3.37. The number of carbonyl (C=O) groups is 2. The molecule has 1 unspecified atom stereocenters. The summed E-state index contributed by atoms with van der Waals surface area (Å²) >= 11 is 1.53. The zero-order valence-corrected chi connectivity index (χ0v) is 16.9. The third-order valence-electron chi connectivity index (χ3n) is 5.13. The largest absolute Gasteiger partial charge is 0.488 e. The van der Waals surface area contributed by atoms with Crippen LogP contribution < -0.4 is 15.4 Å². The lowest BCUT2D eigenvalue weighted by molar-refractivity contribution is -0.125. The minimum Gasteiger partial charge on any atom is -0.488 e. The minimum atomic E-state index is -1.31. The van der Waals surface area contributed by atoms with Crippen molar-refractivity contribution in [1.29, 1.82) is 0 Å². The summed E-state index contributed by atoms with van der Waals surface area (Å²) in [6.07, 6.45) is 0.326. The van der Waals surface area contributed by atoms with Crippen LogP contribution in [0.1, 0.15) is 27.5 Å². The monoisotopic (exact) mass is 415 g/mol. The summed E-state index contributed by atoms with van der Waals surface area (Å²) in [5.74, 6) is -0.261. The molecule has 2 amide bonds. The summed E-state index contributed by atoms with van der Waals surface area (Å²) < 4.78 is 7.34. The zero-order valence-electron chi connectivity index (χ0n) is 16.1. The smallest absolute Gasteiger partial charge is 0.271 e. The maximum Gasteiger partial charge on any atom is 0.271 e. The van der Waals surface area contributed by atoms with E-state index in [4.69, 9.17) is 4.74 Å². The van der Waals surface area contributed by atoms with Gasteiger partial charge in [0.25, 0.3) is 5.91 Å². The van der Waals surface area contributed by atoms with Crippen LogP contribution in [0.5, 0.6) is 5.75 Å². The number of aromatic nitrogens is 3. The number of hydrogen-bond acceptors (Lipinski definition) is 7. The Kier molecular flexibility index (Phi) is 4.97. The SMILES string of the molecule is Cc1ncsc1COc1ccc2nn(C)c(C(=O)NC3(CO)CCNC3=O)c2c1. The van der Waals surface area contributed by atoms with Gasteiger partial charge >= 0.3 is 0 Å². The predicted octanol–water partition coefficient (Wildman–Crippen LogP) is 0.898. The fourth-order valence-corrected chi connectivity index (χ4v) is 4.10. The third-order valence-corrected chi connectivity index (χ3v) is 6.04. The number of fused-ring (bicyclic) bond motifs is 1. The van der Waals surface area contributed by atoms with Gasteiger partial charge in [-0.15, -0.1) is 11.3 Å². The molecule has 1 aromatic carbocycles. The van der Waals surface area contributed by atoms with Gasteiger partial charge in [-0.2, -0.15) is 5.10 Å². The Balaban J connectivity index is 1.61. The fraction of sp³-hybridized carbons (Fsp3) is 0.368. The van der Waals surface area contributed by atoms with Gasteiger partial charge in [0.05, 0.1) is 28.2 Å². The fourth-order valence-electron chi connectivity index (χ4n) is 3.41. The van der Waals surface area contributed by atoms with Gasteiger partial charge in [0.1, 0.15) is 23.6 Å². The lowest BCUT2D eigenvalue weighted by Crippen LogP contribution is -2.56. The molecular formula is C19H21N5O4S. The first kappa shape index (κ1) is 19.3. The van der Waals surface area contributed by atoms with Crippen molar-refractivity contribution in [3.8, 4) is 5.75 Å². The van der Waals surface area contributed by atoms with E-state index in [0.717, 1.165) is 10.6 Å². The number of nitrogens with zero attached hydrogens (tertiary/aromatic N) is 3. The molecule has 0 aliphatic carbocycles. The molecule has 1 atom stereocenters. The van der Waals surface area contributed by atoms with Gasteiger partial charge in [-0.25, -0.2) is 4.98 Å². The van der Waals surface area contributed by atoms with Gasteiger partial charge in [-0.05, 0) is 31.5 Å². The Hall–Kier alpha value is -2.98. The van der Waals surface area contributed by atoms with Gasteiger partial charge in [0, 0.05) is 19.0 Å². The topological polar surface area (TPSA) is 118 Å². The highest BCUT2D eigenvalue weighted by Gasteiger charge is 2.44. The van der Waals surface area contributed by atoms with Gasteiger partial charge in [-0.3, -0.25) is 14.3 Å². The number of rotatable bonds is 6. The Morgan fingerprint density at radius 1 is 1.48 bits per heavy atom. The summed E-state index contributed by atoms with van der Waals surface area (Å²) in [7, 11) is 1.66. The summed E-state index contributed by atoms with van der Waals surface area (Å²) in [5, 5.41) is 20.0. The second-order valence-electron chi connectivity index (χ2n) is 7.00. The van der Waals surface area contributed by atoms with Gasteiger partial charge < -0.3 is 20.5 Å². The predicted molar refractivity (Wildman–Crippen MR) is 107 cm³/mol. The van der Waals surface area contributed by atoms with Crippen molar-refractivity contribution in [2.24, 2.45) is 7.05 Å². The lowest BCUT2D eigenvalue weighted by Gasteiger charge is -2.24. The highest BCUT2D eigenvalue weighted by molar-refractivity contribution is 7.09. The maximum absolute atomic E-state index is 13.0. The molecular weight excluding hydrogens is 394 g/mol. The van der Waals surface area contributed by atoms with Crippen LogP contribution >= 0.6 is 11.3 Å². The molecule has 29 heavy (non-hydrogen) atoms. The first-order valence-electron chi connectivity index (χ1n) is 9.14. The summed E-state index contributed by atoms with van der Waals surface area (Å²) in [4.78, 5) is 30.4. The van der Waals surface area contributed by atoms with E-state index in [-0.39, 0.29) is 5.91 Å². The van der Waals surface area contributed by atoms with Crippen molar-refractivity contribution < 1.29 is 19.4 Å². The van der Waals surface area contributed by atoms with Crippen LogP contribution in [0.3, 0.4) is 0 Å². The number of thiazole rings is 1. The van der Waals surface area contributed by atoms with Crippen molar-refractivity contribution in [1.82, 2.24) is 25.4 Å². The standard InChI is InChI=1S/C19H21N5O4S/c1-11-15(29-10-21-11)8-28-12-3-4-14-13(7-12)16(24(2)23-14)17(26)22-19(9-25)5-6-20-18(19)27/h3-4,7,10,25H,5-6,8-9H2,1-2H3,(H,20,27)(H,22,26). The molecule has 3 N–H and O–H groups in total. The van der Waals surface area contributed by atoms with Gasteiger partial charge in [0.2, 0.25) is 5.91 Å². The molecule has 3 heterocycles. The molecule has 0 bridgehead atoms. The maximum atomic E-state index is 13.0. The number of aliphatic hydroxyl groups excluding tert-OH is 1. The van der Waals surface area contributed by atoms with Crippen LogP contribution in [0.4, 0.5) is 0 Å². The average molecular weight is 415 g/mol. The van der Waals surface area contributed by atoms with E-state index in [2.05, 4.69) is 20.7 Å². The van der Waals surface area contributed by atoms with E-state index in [1.807, 2.05) is 6.92 Å². The number of aliphatic hydroxyl groups is 1. The molecule has 0 radical (unpaired) electrons. The Morgan fingerprint density at radius 3 is 2.97 bits per heavy atom. The summed E-state index contributed by atoms with van der Waals surface area (Å²) in [5.41, 5.74) is 2.32. The highest BCUT2D eigenvalue weighted by Crippen LogP contribution is 2.26. The van der Waals surface area contributed by atoms with Crippen molar-refractivity contribution in [3.63, 3.8) is 0 Å². The normalized spacial score (nSPS) is 18.8. The molecule has 0 saturated carbocycles. The first-order chi connectivity index (χ1) is 13.9.